The maximum absolute atomic E-state index is 14.5. The molecule has 1 saturated heterocycles. The summed E-state index contributed by atoms with van der Waals surface area (Å²) in [5, 5.41) is -0.386. The van der Waals surface area contributed by atoms with Crippen LogP contribution in [0.5, 0.6) is 0 Å². The summed E-state index contributed by atoms with van der Waals surface area (Å²) in [6.45, 7) is 18.7. The number of fused-ring (bicyclic) bond motifs is 1. The number of hydrogen-bond acceptors (Lipinski definition) is 8. The molecule has 0 spiro atoms. The maximum atomic E-state index is 14.5. The molecule has 10 heteroatoms. The number of para-hydroxylation sites is 1. The smallest absolute Gasteiger partial charge is 0.334 e. The van der Waals surface area contributed by atoms with Gasteiger partial charge in [-0.1, -0.05) is 111 Å². The van der Waals surface area contributed by atoms with Crippen molar-refractivity contribution in [3.05, 3.63) is 108 Å². The van der Waals surface area contributed by atoms with E-state index in [9.17, 15) is 9.59 Å². The second-order valence-electron chi connectivity index (χ2n) is 13.2. The Kier molecular flexibility index (Phi) is 10.5. The van der Waals surface area contributed by atoms with Gasteiger partial charge < -0.3 is 14.1 Å². The molecule has 3 unspecified atom stereocenters. The summed E-state index contributed by atoms with van der Waals surface area (Å²) in [4.78, 5) is 35.2. The van der Waals surface area contributed by atoms with Gasteiger partial charge in [0.2, 0.25) is 5.91 Å². The van der Waals surface area contributed by atoms with Crippen LogP contribution in [-0.2, 0) is 18.8 Å². The SMILES string of the molecule is C=C(C)C(C(=O)OC(c1ccccc1)c1ccccc1)N1C(=O)C([C@](C)(O[SiH](C)C)C(C)(C)C)C1SSc1nc2ccccc2s1. The Labute approximate surface area is 286 Å². The molecule has 1 fully saturated rings. The predicted octanol–water partition coefficient (Wildman–Crippen LogP) is 8.90. The first-order chi connectivity index (χ1) is 21.8. The van der Waals surface area contributed by atoms with Gasteiger partial charge in [0, 0.05) is 0 Å². The van der Waals surface area contributed by atoms with Crippen LogP contribution in [-0.4, -0.2) is 47.8 Å². The number of carbonyl (C=O) groups excluding carboxylic acids is 2. The molecule has 3 aromatic carbocycles. The molecular formula is C36H42N2O4S3Si. The number of β-lactam (4-membered cyclic amide) rings is 1. The van der Waals surface area contributed by atoms with Crippen molar-refractivity contribution in [1.29, 1.82) is 0 Å². The van der Waals surface area contributed by atoms with Crippen LogP contribution in [0.15, 0.2) is 101 Å². The number of likely N-dealkylation sites (tertiary alicyclic amines) is 1. The Morgan fingerprint density at radius 1 is 0.957 bits per heavy atom. The molecule has 0 aliphatic carbocycles. The summed E-state index contributed by atoms with van der Waals surface area (Å²) in [6, 6.07) is 26.4. The van der Waals surface area contributed by atoms with Crippen molar-refractivity contribution in [2.24, 2.45) is 11.3 Å². The van der Waals surface area contributed by atoms with Crippen LogP contribution in [0.3, 0.4) is 0 Å². The minimum Gasteiger partial charge on any atom is -0.451 e. The number of amides is 1. The Morgan fingerprint density at radius 3 is 2.04 bits per heavy atom. The number of aromatic nitrogens is 1. The van der Waals surface area contributed by atoms with Gasteiger partial charge in [0.05, 0.1) is 21.7 Å². The lowest BCUT2D eigenvalue weighted by atomic mass is 9.66. The van der Waals surface area contributed by atoms with E-state index in [-0.39, 0.29) is 16.7 Å². The molecule has 0 N–H and O–H groups in total. The fourth-order valence-electron chi connectivity index (χ4n) is 5.87. The van der Waals surface area contributed by atoms with E-state index < -0.39 is 38.7 Å². The highest BCUT2D eigenvalue weighted by molar-refractivity contribution is 8.77. The number of thiazole rings is 1. The second-order valence-corrected chi connectivity index (χ2v) is 19.1. The third-order valence-electron chi connectivity index (χ3n) is 8.54. The molecule has 1 amide bonds. The van der Waals surface area contributed by atoms with Crippen LogP contribution in [0.2, 0.25) is 13.1 Å². The molecule has 0 saturated carbocycles. The summed E-state index contributed by atoms with van der Waals surface area (Å²) in [5.41, 5.74) is 2.09. The molecule has 1 aromatic heterocycles. The number of nitrogens with zero attached hydrogens (tertiary/aromatic N) is 2. The van der Waals surface area contributed by atoms with Crippen LogP contribution in [0.1, 0.15) is 51.8 Å². The summed E-state index contributed by atoms with van der Waals surface area (Å²) in [7, 11) is 1.52. The summed E-state index contributed by atoms with van der Waals surface area (Å²) in [5.74, 6) is -1.12. The minimum atomic E-state index is -1.57. The number of esters is 1. The van der Waals surface area contributed by atoms with E-state index in [1.165, 1.54) is 10.8 Å². The predicted molar refractivity (Wildman–Crippen MR) is 194 cm³/mol. The Balaban J connectivity index is 1.50. The van der Waals surface area contributed by atoms with Crippen LogP contribution in [0, 0.1) is 11.3 Å². The van der Waals surface area contributed by atoms with E-state index in [0.29, 0.717) is 5.57 Å². The number of benzene rings is 3. The lowest BCUT2D eigenvalue weighted by Crippen LogP contribution is -2.73. The molecule has 1 aliphatic heterocycles. The highest BCUT2D eigenvalue weighted by Crippen LogP contribution is 2.55. The second kappa shape index (κ2) is 14.1. The first-order valence-corrected chi connectivity index (χ1v) is 21.3. The van der Waals surface area contributed by atoms with Crippen LogP contribution in [0.25, 0.3) is 10.2 Å². The van der Waals surface area contributed by atoms with E-state index in [2.05, 4.69) is 53.4 Å². The number of carbonyl (C=O) groups is 2. The molecule has 242 valence electrons. The first-order valence-electron chi connectivity index (χ1n) is 15.5. The lowest BCUT2D eigenvalue weighted by Gasteiger charge is -2.59. The summed E-state index contributed by atoms with van der Waals surface area (Å²) >= 11 is 1.62. The van der Waals surface area contributed by atoms with Crippen molar-refractivity contribution in [3.63, 3.8) is 0 Å². The third kappa shape index (κ3) is 7.01. The average Bonchev–Trinajstić information content (AvgIpc) is 3.43. The zero-order chi connectivity index (χ0) is 33.2. The first kappa shape index (κ1) is 34.4. The fourth-order valence-corrected chi connectivity index (χ4v) is 11.5. The van der Waals surface area contributed by atoms with E-state index in [0.717, 1.165) is 25.7 Å². The summed E-state index contributed by atoms with van der Waals surface area (Å²) in [6.07, 6.45) is -0.637. The average molecular weight is 691 g/mol. The van der Waals surface area contributed by atoms with E-state index in [1.807, 2.05) is 78.9 Å². The van der Waals surface area contributed by atoms with Gasteiger partial charge in [0.25, 0.3) is 0 Å². The number of hydrogen-bond donors (Lipinski definition) is 0. The van der Waals surface area contributed by atoms with Crippen molar-refractivity contribution in [2.75, 3.05) is 0 Å². The molecule has 2 heterocycles. The topological polar surface area (TPSA) is 68.7 Å². The van der Waals surface area contributed by atoms with Gasteiger partial charge >= 0.3 is 5.97 Å². The van der Waals surface area contributed by atoms with Crippen molar-refractivity contribution in [2.45, 2.75) is 75.2 Å². The highest BCUT2D eigenvalue weighted by Gasteiger charge is 2.63. The highest BCUT2D eigenvalue weighted by atomic mass is 33.1. The lowest BCUT2D eigenvalue weighted by molar-refractivity contribution is -0.185. The molecule has 0 bridgehead atoms. The monoisotopic (exact) mass is 690 g/mol. The summed E-state index contributed by atoms with van der Waals surface area (Å²) < 4.78 is 15.1. The van der Waals surface area contributed by atoms with Gasteiger partial charge in [-0.2, -0.15) is 0 Å². The van der Waals surface area contributed by atoms with Crippen molar-refractivity contribution in [1.82, 2.24) is 9.88 Å². The van der Waals surface area contributed by atoms with Crippen LogP contribution < -0.4 is 0 Å². The van der Waals surface area contributed by atoms with Crippen molar-refractivity contribution < 1.29 is 18.8 Å². The van der Waals surface area contributed by atoms with Crippen LogP contribution >= 0.6 is 32.9 Å². The van der Waals surface area contributed by atoms with E-state index in [1.54, 1.807) is 34.0 Å². The standard InChI is InChI=1S/C36H42N2O4S3Si/c1-23(2)29(33(40)41-30(24-17-11-9-12-18-24)25-19-13-10-14-20-25)38-31(39)28(36(6,35(3,4)5)42-46(7)8)32(38)44-45-34-37-26-21-15-16-22-27(26)43-34/h9-22,28-30,32,46H,1H2,2-8H3/t28?,29?,32?,36-/m0/s1. The van der Waals surface area contributed by atoms with E-state index in [4.69, 9.17) is 14.1 Å². The van der Waals surface area contributed by atoms with Crippen LogP contribution in [0.4, 0.5) is 0 Å². The van der Waals surface area contributed by atoms with Gasteiger partial charge in [-0.25, -0.2) is 9.78 Å². The van der Waals surface area contributed by atoms with Crippen molar-refractivity contribution >= 4 is 64.1 Å². The molecule has 5 rings (SSSR count). The van der Waals surface area contributed by atoms with Gasteiger partial charge in [0.1, 0.15) is 5.37 Å². The molecule has 1 aliphatic rings. The Morgan fingerprint density at radius 2 is 1.52 bits per heavy atom. The fraction of sp³-hybridized carbons (Fsp3) is 0.361. The molecule has 6 nitrogen and oxygen atoms in total. The third-order valence-corrected chi connectivity index (χ3v) is 13.5. The number of ether oxygens (including phenoxy) is 1. The normalized spacial score (nSPS) is 18.8. The Hall–Kier alpha value is -2.89. The minimum absolute atomic E-state index is 0.129. The molecule has 0 radical (unpaired) electrons. The zero-order valence-electron chi connectivity index (χ0n) is 27.4. The van der Waals surface area contributed by atoms with Gasteiger partial charge in [0.15, 0.2) is 25.5 Å². The maximum Gasteiger partial charge on any atom is 0.334 e. The van der Waals surface area contributed by atoms with E-state index >= 15 is 0 Å². The molecule has 46 heavy (non-hydrogen) atoms. The quantitative estimate of drug-likeness (QED) is 0.0484. The molecule has 4 atom stereocenters. The number of rotatable bonds is 12. The van der Waals surface area contributed by atoms with Crippen molar-refractivity contribution in [3.8, 4) is 0 Å². The largest absolute Gasteiger partial charge is 0.451 e. The molecule has 4 aromatic rings. The van der Waals surface area contributed by atoms with Gasteiger partial charge in [-0.15, -0.1) is 11.3 Å². The zero-order valence-corrected chi connectivity index (χ0v) is 31.0. The van der Waals surface area contributed by atoms with Gasteiger partial charge in [-0.3, -0.25) is 4.79 Å². The van der Waals surface area contributed by atoms with Gasteiger partial charge in [-0.05, 0) is 72.0 Å². The molecular weight excluding hydrogens is 649 g/mol. The Bertz CT molecular complexity index is 1620.